The smallest absolute Gasteiger partial charge is 0.330 e. The fraction of sp³-hybridized carbons (Fsp3) is 0.529. The van der Waals surface area contributed by atoms with Crippen LogP contribution in [-0.2, 0) is 16.0 Å². The summed E-state index contributed by atoms with van der Waals surface area (Å²) in [7, 11) is 0. The molecule has 120 valence electrons. The number of nitrogens with one attached hydrogen (secondary N) is 1. The van der Waals surface area contributed by atoms with Gasteiger partial charge in [0.25, 0.3) is 0 Å². The molecule has 0 aromatic heterocycles. The van der Waals surface area contributed by atoms with E-state index in [4.69, 9.17) is 4.74 Å². The molecule has 0 fully saturated rings. The molecular formula is C17H23NO4. The van der Waals surface area contributed by atoms with Gasteiger partial charge in [-0.1, -0.05) is 26.8 Å². The first kappa shape index (κ1) is 16.3. The maximum absolute atomic E-state index is 12.0. The van der Waals surface area contributed by atoms with Gasteiger partial charge in [0.2, 0.25) is 5.91 Å². The molecule has 0 saturated heterocycles. The average molecular weight is 305 g/mol. The number of hydrogen-bond acceptors (Lipinski definition) is 3. The highest BCUT2D eigenvalue weighted by molar-refractivity contribution is 5.84. The highest BCUT2D eigenvalue weighted by Gasteiger charge is 2.24. The van der Waals surface area contributed by atoms with Crippen molar-refractivity contribution >= 4 is 11.9 Å². The Kier molecular flexibility index (Phi) is 4.74. The van der Waals surface area contributed by atoms with Crippen LogP contribution in [-0.4, -0.2) is 23.6 Å². The maximum Gasteiger partial charge on any atom is 0.330 e. The molecule has 1 amide bonds. The lowest BCUT2D eigenvalue weighted by atomic mass is 9.90. The minimum Gasteiger partial charge on any atom is -0.493 e. The Morgan fingerprint density at radius 1 is 1.36 bits per heavy atom. The van der Waals surface area contributed by atoms with Gasteiger partial charge < -0.3 is 15.2 Å². The predicted molar refractivity (Wildman–Crippen MR) is 82.8 cm³/mol. The molecule has 5 nitrogen and oxygen atoms in total. The van der Waals surface area contributed by atoms with Gasteiger partial charge in [0, 0.05) is 12.8 Å². The molecule has 0 saturated carbocycles. The molecule has 1 aliphatic rings. The molecule has 22 heavy (non-hydrogen) atoms. The summed E-state index contributed by atoms with van der Waals surface area (Å²) in [5.74, 6) is -0.492. The van der Waals surface area contributed by atoms with Gasteiger partial charge in [-0.15, -0.1) is 0 Å². The average Bonchev–Trinajstić information content (AvgIpc) is 2.88. The van der Waals surface area contributed by atoms with Crippen LogP contribution in [0, 0.1) is 5.41 Å². The van der Waals surface area contributed by atoms with Crippen molar-refractivity contribution in [2.45, 2.75) is 46.1 Å². The molecule has 1 atom stereocenters. The lowest BCUT2D eigenvalue weighted by molar-refractivity contribution is -0.142. The summed E-state index contributed by atoms with van der Waals surface area (Å²) in [5, 5.41) is 12.0. The van der Waals surface area contributed by atoms with Gasteiger partial charge in [-0.05, 0) is 35.1 Å². The predicted octanol–water partition coefficient (Wildman–Crippen LogP) is 2.69. The highest BCUT2D eigenvalue weighted by Crippen LogP contribution is 2.28. The first-order chi connectivity index (χ1) is 10.3. The molecule has 2 rings (SSSR count). The minimum atomic E-state index is -1.05. The Balaban J connectivity index is 2.07. The summed E-state index contributed by atoms with van der Waals surface area (Å²) in [6.45, 7) is 6.77. The van der Waals surface area contributed by atoms with Crippen molar-refractivity contribution in [2.75, 3.05) is 6.61 Å². The molecule has 0 spiro atoms. The third-order valence-electron chi connectivity index (χ3n) is 3.70. The van der Waals surface area contributed by atoms with E-state index >= 15 is 0 Å². The molecule has 1 aromatic rings. The second-order valence-electron chi connectivity index (χ2n) is 6.87. The van der Waals surface area contributed by atoms with Gasteiger partial charge in [0.05, 0.1) is 6.61 Å². The van der Waals surface area contributed by atoms with Gasteiger partial charge in [-0.25, -0.2) is 4.79 Å². The van der Waals surface area contributed by atoms with E-state index in [9.17, 15) is 14.7 Å². The van der Waals surface area contributed by atoms with Crippen LogP contribution >= 0.6 is 0 Å². The van der Waals surface area contributed by atoms with Crippen LogP contribution < -0.4 is 10.1 Å². The molecule has 1 heterocycles. The van der Waals surface area contributed by atoms with E-state index in [1.165, 1.54) is 0 Å². The van der Waals surface area contributed by atoms with E-state index in [-0.39, 0.29) is 11.3 Å². The fourth-order valence-electron chi connectivity index (χ4n) is 2.40. The Labute approximate surface area is 130 Å². The van der Waals surface area contributed by atoms with Crippen molar-refractivity contribution in [1.82, 2.24) is 5.32 Å². The number of rotatable bonds is 5. The second kappa shape index (κ2) is 6.38. The minimum absolute atomic E-state index is 0.0426. The molecule has 2 N–H and O–H groups in total. The van der Waals surface area contributed by atoms with E-state index in [0.717, 1.165) is 17.7 Å². The summed E-state index contributed by atoms with van der Waals surface area (Å²) < 4.78 is 5.42. The SMILES string of the molecule is CC(C)(C)CCC(=O)NC(C(=O)O)c1ccc2c(c1)CCO2. The van der Waals surface area contributed by atoms with Gasteiger partial charge >= 0.3 is 5.97 Å². The van der Waals surface area contributed by atoms with Gasteiger partial charge in [0.1, 0.15) is 5.75 Å². The summed E-state index contributed by atoms with van der Waals surface area (Å²) >= 11 is 0. The monoisotopic (exact) mass is 305 g/mol. The van der Waals surface area contributed by atoms with Crippen LogP contribution in [0.15, 0.2) is 18.2 Å². The van der Waals surface area contributed by atoms with E-state index in [1.54, 1.807) is 12.1 Å². The highest BCUT2D eigenvalue weighted by atomic mass is 16.5. The number of carboxylic acids is 1. The lowest BCUT2D eigenvalue weighted by Gasteiger charge is -2.19. The Hall–Kier alpha value is -2.04. The molecule has 0 aliphatic carbocycles. The summed E-state index contributed by atoms with van der Waals surface area (Å²) in [4.78, 5) is 23.5. The number of hydrogen-bond donors (Lipinski definition) is 2. The molecular weight excluding hydrogens is 282 g/mol. The number of carbonyl (C=O) groups is 2. The number of amides is 1. The van der Waals surface area contributed by atoms with E-state index in [0.29, 0.717) is 25.0 Å². The Bertz CT molecular complexity index is 575. The van der Waals surface area contributed by atoms with Crippen molar-refractivity contribution in [2.24, 2.45) is 5.41 Å². The number of carbonyl (C=O) groups excluding carboxylic acids is 1. The third kappa shape index (κ3) is 4.23. The third-order valence-corrected chi connectivity index (χ3v) is 3.70. The zero-order valence-corrected chi connectivity index (χ0v) is 13.3. The molecule has 0 bridgehead atoms. The summed E-state index contributed by atoms with van der Waals surface area (Å²) in [6, 6.07) is 4.27. The molecule has 0 radical (unpaired) electrons. The van der Waals surface area contributed by atoms with Crippen molar-refractivity contribution in [3.05, 3.63) is 29.3 Å². The van der Waals surface area contributed by atoms with Crippen LogP contribution in [0.1, 0.15) is 50.8 Å². The summed E-state index contributed by atoms with van der Waals surface area (Å²) in [6.07, 6.45) is 1.80. The Morgan fingerprint density at radius 3 is 2.73 bits per heavy atom. The first-order valence-electron chi connectivity index (χ1n) is 7.54. The van der Waals surface area contributed by atoms with E-state index in [1.807, 2.05) is 6.07 Å². The van der Waals surface area contributed by atoms with Crippen molar-refractivity contribution < 1.29 is 19.4 Å². The number of carboxylic acid groups (broad SMARTS) is 1. The maximum atomic E-state index is 12.0. The number of fused-ring (bicyclic) bond motifs is 1. The molecule has 1 aromatic carbocycles. The van der Waals surface area contributed by atoms with Gasteiger partial charge in [0.15, 0.2) is 6.04 Å². The van der Waals surface area contributed by atoms with Crippen LogP contribution in [0.25, 0.3) is 0 Å². The van der Waals surface area contributed by atoms with Crippen LogP contribution in [0.4, 0.5) is 0 Å². The standard InChI is InChI=1S/C17H23NO4/c1-17(2,3)8-6-14(19)18-15(16(20)21)12-4-5-13-11(10-12)7-9-22-13/h4-5,10,15H,6-9H2,1-3H3,(H,18,19)(H,20,21). The van der Waals surface area contributed by atoms with Crippen LogP contribution in [0.2, 0.25) is 0 Å². The lowest BCUT2D eigenvalue weighted by Crippen LogP contribution is -2.34. The van der Waals surface area contributed by atoms with E-state index in [2.05, 4.69) is 26.1 Å². The van der Waals surface area contributed by atoms with Crippen molar-refractivity contribution in [3.8, 4) is 5.75 Å². The summed E-state index contributed by atoms with van der Waals surface area (Å²) in [5.41, 5.74) is 1.62. The Morgan fingerprint density at radius 2 is 2.09 bits per heavy atom. The van der Waals surface area contributed by atoms with Gasteiger partial charge in [-0.2, -0.15) is 0 Å². The molecule has 5 heteroatoms. The number of aliphatic carboxylic acids is 1. The fourth-order valence-corrected chi connectivity index (χ4v) is 2.40. The van der Waals surface area contributed by atoms with Crippen molar-refractivity contribution in [3.63, 3.8) is 0 Å². The topological polar surface area (TPSA) is 75.6 Å². The van der Waals surface area contributed by atoms with Crippen LogP contribution in [0.3, 0.4) is 0 Å². The first-order valence-corrected chi connectivity index (χ1v) is 7.54. The van der Waals surface area contributed by atoms with Crippen LogP contribution in [0.5, 0.6) is 5.75 Å². The zero-order valence-electron chi connectivity index (χ0n) is 13.3. The zero-order chi connectivity index (χ0) is 16.3. The quantitative estimate of drug-likeness (QED) is 0.877. The number of benzene rings is 1. The van der Waals surface area contributed by atoms with Crippen molar-refractivity contribution in [1.29, 1.82) is 0 Å². The molecule has 1 aliphatic heterocycles. The normalized spacial score (nSPS) is 14.9. The second-order valence-corrected chi connectivity index (χ2v) is 6.87. The number of ether oxygens (including phenoxy) is 1. The van der Waals surface area contributed by atoms with Gasteiger partial charge in [-0.3, -0.25) is 4.79 Å². The van der Waals surface area contributed by atoms with E-state index < -0.39 is 12.0 Å². The largest absolute Gasteiger partial charge is 0.493 e. The molecule has 1 unspecified atom stereocenters.